The van der Waals surface area contributed by atoms with Crippen molar-refractivity contribution in [3.8, 4) is 0 Å². The van der Waals surface area contributed by atoms with Crippen molar-refractivity contribution >= 4 is 5.91 Å². The Bertz CT molecular complexity index is 211. The molecule has 0 N–H and O–H groups in total. The number of alkyl halides is 2. The Hall–Kier alpha value is -0.710. The van der Waals surface area contributed by atoms with Crippen molar-refractivity contribution in [3.05, 3.63) is 0 Å². The SMILES string of the molecule is CON(C)C(=O)C1CCC(F)(F)CC1. The first-order chi connectivity index (χ1) is 6.46. The molecule has 1 amide bonds. The van der Waals surface area contributed by atoms with Crippen molar-refractivity contribution in [3.63, 3.8) is 0 Å². The van der Waals surface area contributed by atoms with Gasteiger partial charge in [-0.3, -0.25) is 9.63 Å². The van der Waals surface area contributed by atoms with Gasteiger partial charge >= 0.3 is 0 Å². The topological polar surface area (TPSA) is 29.5 Å². The molecule has 14 heavy (non-hydrogen) atoms. The number of halogens is 2. The molecular weight excluding hydrogens is 192 g/mol. The smallest absolute Gasteiger partial charge is 0.248 e. The number of hydrogen-bond acceptors (Lipinski definition) is 2. The molecule has 1 aliphatic carbocycles. The predicted molar refractivity (Wildman–Crippen MR) is 46.7 cm³/mol. The number of hydrogen-bond donors (Lipinski definition) is 0. The molecule has 82 valence electrons. The van der Waals surface area contributed by atoms with Crippen molar-refractivity contribution in [2.45, 2.75) is 31.6 Å². The largest absolute Gasteiger partial charge is 0.275 e. The molecule has 1 saturated carbocycles. The van der Waals surface area contributed by atoms with Crippen LogP contribution in [0.4, 0.5) is 8.78 Å². The van der Waals surface area contributed by atoms with Gasteiger partial charge in [0.1, 0.15) is 0 Å². The second-order valence-corrected chi connectivity index (χ2v) is 3.65. The highest BCUT2D eigenvalue weighted by Crippen LogP contribution is 2.36. The summed E-state index contributed by atoms with van der Waals surface area (Å²) in [4.78, 5) is 16.2. The van der Waals surface area contributed by atoms with Crippen LogP contribution in [0.1, 0.15) is 25.7 Å². The third-order valence-electron chi connectivity index (χ3n) is 2.65. The van der Waals surface area contributed by atoms with Crippen LogP contribution in [0.3, 0.4) is 0 Å². The van der Waals surface area contributed by atoms with E-state index in [9.17, 15) is 13.6 Å². The fraction of sp³-hybridized carbons (Fsp3) is 0.889. The Morgan fingerprint density at radius 2 is 1.93 bits per heavy atom. The lowest BCUT2D eigenvalue weighted by molar-refractivity contribution is -0.176. The summed E-state index contributed by atoms with van der Waals surface area (Å²) in [5.74, 6) is -3.09. The zero-order valence-corrected chi connectivity index (χ0v) is 8.43. The second kappa shape index (κ2) is 4.21. The number of carbonyl (C=O) groups excluding carboxylic acids is 1. The molecule has 0 aromatic carbocycles. The monoisotopic (exact) mass is 207 g/mol. The van der Waals surface area contributed by atoms with Gasteiger partial charge in [0.2, 0.25) is 11.8 Å². The van der Waals surface area contributed by atoms with Crippen molar-refractivity contribution < 1.29 is 18.4 Å². The van der Waals surface area contributed by atoms with E-state index in [4.69, 9.17) is 4.84 Å². The minimum Gasteiger partial charge on any atom is -0.275 e. The molecule has 0 heterocycles. The third kappa shape index (κ3) is 2.64. The lowest BCUT2D eigenvalue weighted by atomic mass is 9.86. The molecule has 0 radical (unpaired) electrons. The molecule has 1 aliphatic rings. The van der Waals surface area contributed by atoms with E-state index in [1.165, 1.54) is 14.2 Å². The standard InChI is InChI=1S/C9H15F2NO2/c1-12(14-2)8(13)7-3-5-9(10,11)6-4-7/h7H,3-6H2,1-2H3. The average molecular weight is 207 g/mol. The van der Waals surface area contributed by atoms with Crippen LogP contribution >= 0.6 is 0 Å². The van der Waals surface area contributed by atoms with Gasteiger partial charge in [-0.05, 0) is 12.8 Å². The van der Waals surface area contributed by atoms with E-state index in [2.05, 4.69) is 0 Å². The van der Waals surface area contributed by atoms with Crippen LogP contribution in [-0.2, 0) is 9.63 Å². The molecule has 1 fully saturated rings. The molecule has 0 aromatic heterocycles. The van der Waals surface area contributed by atoms with E-state index in [1.807, 2.05) is 0 Å². The Balaban J connectivity index is 2.46. The van der Waals surface area contributed by atoms with E-state index in [1.54, 1.807) is 0 Å². The molecule has 1 rings (SSSR count). The molecular formula is C9H15F2NO2. The van der Waals surface area contributed by atoms with Gasteiger partial charge in [0.15, 0.2) is 0 Å². The molecule has 0 aromatic rings. The molecule has 5 heteroatoms. The Morgan fingerprint density at radius 3 is 2.36 bits per heavy atom. The molecule has 0 spiro atoms. The third-order valence-corrected chi connectivity index (χ3v) is 2.65. The van der Waals surface area contributed by atoms with Crippen LogP contribution in [-0.4, -0.2) is 31.1 Å². The number of rotatable bonds is 2. The van der Waals surface area contributed by atoms with Crippen LogP contribution in [0.5, 0.6) is 0 Å². The van der Waals surface area contributed by atoms with Gasteiger partial charge in [0.05, 0.1) is 7.11 Å². The van der Waals surface area contributed by atoms with Crippen molar-refractivity contribution in [2.24, 2.45) is 5.92 Å². The quantitative estimate of drug-likeness (QED) is 0.646. The lowest BCUT2D eigenvalue weighted by Gasteiger charge is -2.29. The molecule has 0 bridgehead atoms. The fourth-order valence-corrected chi connectivity index (χ4v) is 1.63. The van der Waals surface area contributed by atoms with Crippen LogP contribution in [0, 0.1) is 5.92 Å². The minimum absolute atomic E-state index is 0.193. The average Bonchev–Trinajstić information content (AvgIpc) is 2.15. The lowest BCUT2D eigenvalue weighted by Crippen LogP contribution is -2.36. The summed E-state index contributed by atoms with van der Waals surface area (Å²) >= 11 is 0. The minimum atomic E-state index is -2.58. The molecule has 0 aliphatic heterocycles. The highest BCUT2D eigenvalue weighted by atomic mass is 19.3. The normalized spacial score (nSPS) is 22.0. The molecule has 0 saturated heterocycles. The van der Waals surface area contributed by atoms with Crippen molar-refractivity contribution in [1.29, 1.82) is 0 Å². The first-order valence-electron chi connectivity index (χ1n) is 4.66. The summed E-state index contributed by atoms with van der Waals surface area (Å²) in [6.45, 7) is 0. The van der Waals surface area contributed by atoms with Crippen LogP contribution < -0.4 is 0 Å². The second-order valence-electron chi connectivity index (χ2n) is 3.65. The van der Waals surface area contributed by atoms with Gasteiger partial charge in [-0.25, -0.2) is 13.8 Å². The summed E-state index contributed by atoms with van der Waals surface area (Å²) in [6.07, 6.45) is 0.112. The number of carbonyl (C=O) groups is 1. The van der Waals surface area contributed by atoms with Crippen LogP contribution in [0.15, 0.2) is 0 Å². The first-order valence-corrected chi connectivity index (χ1v) is 4.66. The van der Waals surface area contributed by atoms with E-state index in [-0.39, 0.29) is 37.5 Å². The first kappa shape index (κ1) is 11.4. The van der Waals surface area contributed by atoms with Gasteiger partial charge in [0.25, 0.3) is 0 Å². The highest BCUT2D eigenvalue weighted by Gasteiger charge is 2.38. The van der Waals surface area contributed by atoms with E-state index >= 15 is 0 Å². The number of hydroxylamine groups is 2. The highest BCUT2D eigenvalue weighted by molar-refractivity contribution is 5.77. The summed E-state index contributed by atoms with van der Waals surface area (Å²) < 4.78 is 25.5. The Labute approximate surface area is 82.0 Å². The fourth-order valence-electron chi connectivity index (χ4n) is 1.63. The summed E-state index contributed by atoms with van der Waals surface area (Å²) in [6, 6.07) is 0. The number of amides is 1. The summed E-state index contributed by atoms with van der Waals surface area (Å²) in [5, 5.41) is 1.11. The Kier molecular flexibility index (Phi) is 3.42. The van der Waals surface area contributed by atoms with Crippen molar-refractivity contribution in [2.75, 3.05) is 14.2 Å². The summed E-state index contributed by atoms with van der Waals surface area (Å²) in [7, 11) is 2.88. The maximum absolute atomic E-state index is 12.8. The van der Waals surface area contributed by atoms with Gasteiger partial charge in [-0.2, -0.15) is 0 Å². The van der Waals surface area contributed by atoms with Crippen LogP contribution in [0.2, 0.25) is 0 Å². The summed E-state index contributed by atoms with van der Waals surface area (Å²) in [5.41, 5.74) is 0. The van der Waals surface area contributed by atoms with Crippen LogP contribution in [0.25, 0.3) is 0 Å². The molecule has 0 unspecified atom stereocenters. The number of nitrogens with zero attached hydrogens (tertiary/aromatic N) is 1. The maximum Gasteiger partial charge on any atom is 0.248 e. The van der Waals surface area contributed by atoms with Gasteiger partial charge in [-0.15, -0.1) is 0 Å². The van der Waals surface area contributed by atoms with Gasteiger partial charge in [-0.1, -0.05) is 0 Å². The van der Waals surface area contributed by atoms with E-state index < -0.39 is 5.92 Å². The molecule has 3 nitrogen and oxygen atoms in total. The van der Waals surface area contributed by atoms with E-state index in [0.29, 0.717) is 0 Å². The molecule has 0 atom stereocenters. The van der Waals surface area contributed by atoms with Gasteiger partial charge in [0, 0.05) is 25.8 Å². The van der Waals surface area contributed by atoms with E-state index in [0.717, 1.165) is 5.06 Å². The Morgan fingerprint density at radius 1 is 1.43 bits per heavy atom. The zero-order chi connectivity index (χ0) is 10.8. The zero-order valence-electron chi connectivity index (χ0n) is 8.43. The predicted octanol–water partition coefficient (Wildman–Crippen LogP) is 1.83. The maximum atomic E-state index is 12.8. The van der Waals surface area contributed by atoms with Crippen molar-refractivity contribution in [1.82, 2.24) is 5.06 Å². The van der Waals surface area contributed by atoms with Gasteiger partial charge < -0.3 is 0 Å².